The molecule has 0 bridgehead atoms. The van der Waals surface area contributed by atoms with Gasteiger partial charge in [0.2, 0.25) is 5.91 Å². The number of carbonyl (C=O) groups excluding carboxylic acids is 2. The molecule has 2 aliphatic carbocycles. The van der Waals surface area contributed by atoms with E-state index in [-0.39, 0.29) is 30.4 Å². The van der Waals surface area contributed by atoms with Crippen LogP contribution >= 0.6 is 0 Å². The van der Waals surface area contributed by atoms with Crippen LogP contribution in [0.3, 0.4) is 0 Å². The van der Waals surface area contributed by atoms with Crippen molar-refractivity contribution in [2.45, 2.75) is 50.6 Å². The minimum atomic E-state index is -0.790. The number of hydrogen-bond donors (Lipinski definition) is 2. The summed E-state index contributed by atoms with van der Waals surface area (Å²) in [6.45, 7) is 1.63. The Morgan fingerprint density at radius 2 is 2.04 bits per heavy atom. The van der Waals surface area contributed by atoms with Crippen molar-refractivity contribution in [3.05, 3.63) is 29.8 Å². The van der Waals surface area contributed by atoms with Gasteiger partial charge in [0.05, 0.1) is 6.54 Å². The van der Waals surface area contributed by atoms with Gasteiger partial charge in [0.15, 0.2) is 0 Å². The van der Waals surface area contributed by atoms with Crippen molar-refractivity contribution in [1.29, 1.82) is 0 Å². The van der Waals surface area contributed by atoms with Gasteiger partial charge in [0.1, 0.15) is 0 Å². The summed E-state index contributed by atoms with van der Waals surface area (Å²) in [5, 5.41) is 12.2. The zero-order valence-corrected chi connectivity index (χ0v) is 16.0. The molecule has 0 radical (unpaired) electrons. The summed E-state index contributed by atoms with van der Waals surface area (Å²) in [6.07, 6.45) is 5.38. The lowest BCUT2D eigenvalue weighted by molar-refractivity contribution is -0.139. The molecule has 2 saturated carbocycles. The fourth-order valence-electron chi connectivity index (χ4n) is 4.16. The number of aliphatic carboxylic acids is 1. The van der Waals surface area contributed by atoms with Crippen LogP contribution in [0.5, 0.6) is 0 Å². The van der Waals surface area contributed by atoms with E-state index in [2.05, 4.69) is 10.2 Å². The molecule has 0 aromatic heterocycles. The van der Waals surface area contributed by atoms with Crippen LogP contribution in [0.1, 0.15) is 48.9 Å². The fraction of sp³-hybridized carbons (Fsp3) is 0.571. The Hall–Kier alpha value is -2.41. The van der Waals surface area contributed by atoms with E-state index in [0.717, 1.165) is 31.5 Å². The SMILES string of the molecule is O=C(O)CN(CC1CC1)C1CC(NC(=O)c2cccc(N3CCCC3=O)c2)C1. The minimum Gasteiger partial charge on any atom is -0.480 e. The van der Waals surface area contributed by atoms with Gasteiger partial charge in [-0.15, -0.1) is 0 Å². The molecule has 0 atom stereocenters. The lowest BCUT2D eigenvalue weighted by Gasteiger charge is -2.42. The molecular formula is C21H27N3O4. The molecule has 1 aromatic rings. The molecular weight excluding hydrogens is 358 g/mol. The molecule has 3 fully saturated rings. The number of hydrogen-bond acceptors (Lipinski definition) is 4. The van der Waals surface area contributed by atoms with E-state index in [1.165, 1.54) is 12.8 Å². The van der Waals surface area contributed by atoms with Gasteiger partial charge in [-0.3, -0.25) is 19.3 Å². The average Bonchev–Trinajstić information content (AvgIpc) is 3.34. The van der Waals surface area contributed by atoms with Crippen LogP contribution in [0, 0.1) is 5.92 Å². The summed E-state index contributed by atoms with van der Waals surface area (Å²) < 4.78 is 0. The van der Waals surface area contributed by atoms with E-state index >= 15 is 0 Å². The van der Waals surface area contributed by atoms with Gasteiger partial charge in [-0.05, 0) is 56.2 Å². The van der Waals surface area contributed by atoms with Crippen molar-refractivity contribution in [1.82, 2.24) is 10.2 Å². The first kappa shape index (κ1) is 18.9. The van der Waals surface area contributed by atoms with E-state index in [4.69, 9.17) is 5.11 Å². The maximum Gasteiger partial charge on any atom is 0.317 e. The van der Waals surface area contributed by atoms with Crippen molar-refractivity contribution in [2.24, 2.45) is 5.92 Å². The molecule has 0 spiro atoms. The Labute approximate surface area is 164 Å². The maximum absolute atomic E-state index is 12.6. The Bertz CT molecular complexity index is 771. The summed E-state index contributed by atoms with van der Waals surface area (Å²) in [5.41, 5.74) is 1.33. The van der Waals surface area contributed by atoms with Gasteiger partial charge in [0, 0.05) is 42.8 Å². The first-order valence-corrected chi connectivity index (χ1v) is 10.2. The monoisotopic (exact) mass is 385 g/mol. The number of amides is 2. The number of nitrogens with one attached hydrogen (secondary N) is 1. The average molecular weight is 385 g/mol. The molecule has 2 N–H and O–H groups in total. The quantitative estimate of drug-likeness (QED) is 0.713. The number of carbonyl (C=O) groups is 3. The number of nitrogens with zero attached hydrogens (tertiary/aromatic N) is 2. The highest BCUT2D eigenvalue weighted by molar-refractivity contribution is 5.99. The van der Waals surface area contributed by atoms with Gasteiger partial charge in [-0.2, -0.15) is 0 Å². The summed E-state index contributed by atoms with van der Waals surface area (Å²) in [7, 11) is 0. The molecule has 150 valence electrons. The number of benzene rings is 1. The fourth-order valence-corrected chi connectivity index (χ4v) is 4.16. The van der Waals surface area contributed by atoms with Gasteiger partial charge in [-0.1, -0.05) is 6.07 Å². The third-order valence-corrected chi connectivity index (χ3v) is 5.99. The standard InChI is InChI=1S/C21H27N3O4/c25-19-5-2-8-24(19)17-4-1-3-15(9-17)21(28)22-16-10-18(11-16)23(13-20(26)27)12-14-6-7-14/h1,3-4,9,14,16,18H,2,5-8,10-13H2,(H,22,28)(H,26,27). The molecule has 2 amide bonds. The van der Waals surface area contributed by atoms with Crippen LogP contribution in [0.15, 0.2) is 24.3 Å². The topological polar surface area (TPSA) is 89.9 Å². The van der Waals surface area contributed by atoms with Crippen molar-refractivity contribution >= 4 is 23.5 Å². The second kappa shape index (κ2) is 7.91. The Kier molecular flexibility index (Phi) is 5.35. The van der Waals surface area contributed by atoms with Crippen LogP contribution in [0.25, 0.3) is 0 Å². The second-order valence-corrected chi connectivity index (χ2v) is 8.26. The number of anilines is 1. The summed E-state index contributed by atoms with van der Waals surface area (Å²) in [6, 6.07) is 7.52. The highest BCUT2D eigenvalue weighted by Gasteiger charge is 2.37. The highest BCUT2D eigenvalue weighted by atomic mass is 16.4. The summed E-state index contributed by atoms with van der Waals surface area (Å²) >= 11 is 0. The molecule has 1 heterocycles. The number of rotatable bonds is 8. The summed E-state index contributed by atoms with van der Waals surface area (Å²) in [4.78, 5) is 39.5. The molecule has 0 unspecified atom stereocenters. The number of carboxylic acids is 1. The van der Waals surface area contributed by atoms with E-state index in [9.17, 15) is 14.4 Å². The molecule has 1 aromatic carbocycles. The van der Waals surface area contributed by atoms with E-state index in [1.54, 1.807) is 17.0 Å². The van der Waals surface area contributed by atoms with Crippen LogP contribution < -0.4 is 10.2 Å². The third kappa shape index (κ3) is 4.35. The normalized spacial score (nSPS) is 24.3. The lowest BCUT2D eigenvalue weighted by Crippen LogP contribution is -2.55. The van der Waals surface area contributed by atoms with E-state index < -0.39 is 5.97 Å². The first-order chi connectivity index (χ1) is 13.5. The van der Waals surface area contributed by atoms with Gasteiger partial charge in [-0.25, -0.2) is 0 Å². The smallest absolute Gasteiger partial charge is 0.317 e. The first-order valence-electron chi connectivity index (χ1n) is 10.2. The number of carboxylic acid groups (broad SMARTS) is 1. The Morgan fingerprint density at radius 1 is 1.25 bits per heavy atom. The molecule has 1 saturated heterocycles. The zero-order chi connectivity index (χ0) is 19.7. The largest absolute Gasteiger partial charge is 0.480 e. The van der Waals surface area contributed by atoms with Crippen LogP contribution in [-0.2, 0) is 9.59 Å². The zero-order valence-electron chi connectivity index (χ0n) is 16.0. The minimum absolute atomic E-state index is 0.0741. The predicted octanol–water partition coefficient (Wildman–Crippen LogP) is 1.87. The van der Waals surface area contributed by atoms with Crippen molar-refractivity contribution in [3.8, 4) is 0 Å². The van der Waals surface area contributed by atoms with Gasteiger partial charge < -0.3 is 15.3 Å². The Morgan fingerprint density at radius 3 is 2.68 bits per heavy atom. The summed E-state index contributed by atoms with van der Waals surface area (Å²) in [5.74, 6) is -0.178. The molecule has 7 nitrogen and oxygen atoms in total. The van der Waals surface area contributed by atoms with Crippen molar-refractivity contribution in [2.75, 3.05) is 24.5 Å². The van der Waals surface area contributed by atoms with Gasteiger partial charge >= 0.3 is 5.97 Å². The van der Waals surface area contributed by atoms with Crippen LogP contribution in [0.2, 0.25) is 0 Å². The van der Waals surface area contributed by atoms with E-state index in [1.807, 2.05) is 12.1 Å². The molecule has 28 heavy (non-hydrogen) atoms. The maximum atomic E-state index is 12.6. The highest BCUT2D eigenvalue weighted by Crippen LogP contribution is 2.34. The molecule has 1 aliphatic heterocycles. The van der Waals surface area contributed by atoms with Gasteiger partial charge in [0.25, 0.3) is 5.91 Å². The third-order valence-electron chi connectivity index (χ3n) is 5.99. The van der Waals surface area contributed by atoms with Crippen LogP contribution in [0.4, 0.5) is 5.69 Å². The molecule has 7 heteroatoms. The molecule has 3 aliphatic rings. The molecule has 4 rings (SSSR count). The van der Waals surface area contributed by atoms with E-state index in [0.29, 0.717) is 24.4 Å². The predicted molar refractivity (Wildman–Crippen MR) is 104 cm³/mol. The van der Waals surface area contributed by atoms with Crippen LogP contribution in [-0.4, -0.2) is 59.5 Å². The van der Waals surface area contributed by atoms with Crippen molar-refractivity contribution in [3.63, 3.8) is 0 Å². The lowest BCUT2D eigenvalue weighted by atomic mass is 9.85. The van der Waals surface area contributed by atoms with Crippen molar-refractivity contribution < 1.29 is 19.5 Å². The Balaban J connectivity index is 1.31. The second-order valence-electron chi connectivity index (χ2n) is 8.26.